The van der Waals surface area contributed by atoms with Crippen LogP contribution in [-0.4, -0.2) is 23.7 Å². The van der Waals surface area contributed by atoms with Crippen LogP contribution in [-0.2, 0) is 11.2 Å². The minimum absolute atomic E-state index is 0.118. The molecule has 1 aliphatic rings. The van der Waals surface area contributed by atoms with Crippen molar-refractivity contribution >= 4 is 29.1 Å². The van der Waals surface area contributed by atoms with Gasteiger partial charge in [-0.05, 0) is 36.5 Å². The lowest BCUT2D eigenvalue weighted by molar-refractivity contribution is -0.120. The van der Waals surface area contributed by atoms with E-state index in [9.17, 15) is 9.90 Å². The highest BCUT2D eigenvalue weighted by molar-refractivity contribution is 6.42. The van der Waals surface area contributed by atoms with E-state index in [1.165, 1.54) is 0 Å². The molecular formula is C13H15Cl2NO2. The first kappa shape index (κ1) is 13.7. The molecule has 18 heavy (non-hydrogen) atoms. The molecule has 1 aromatic rings. The number of amides is 1. The third kappa shape index (κ3) is 3.87. The molecule has 3 nitrogen and oxygen atoms in total. The maximum Gasteiger partial charge on any atom is 0.224 e. The molecule has 0 aliphatic heterocycles. The van der Waals surface area contributed by atoms with Crippen LogP contribution in [0.25, 0.3) is 0 Å². The molecule has 2 N–H and O–H groups in total. The fourth-order valence-corrected chi connectivity index (χ4v) is 2.08. The van der Waals surface area contributed by atoms with Crippen LogP contribution in [0, 0.1) is 5.92 Å². The number of hydrogen-bond donors (Lipinski definition) is 2. The van der Waals surface area contributed by atoms with Crippen LogP contribution in [0.1, 0.15) is 18.4 Å². The number of carbonyl (C=O) groups is 1. The molecule has 1 aromatic carbocycles. The zero-order valence-corrected chi connectivity index (χ0v) is 11.3. The van der Waals surface area contributed by atoms with Crippen LogP contribution in [0.5, 0.6) is 0 Å². The summed E-state index contributed by atoms with van der Waals surface area (Å²) < 4.78 is 0. The van der Waals surface area contributed by atoms with Gasteiger partial charge < -0.3 is 10.4 Å². The number of halogens is 2. The molecule has 1 saturated carbocycles. The highest BCUT2D eigenvalue weighted by Gasteiger charge is 2.29. The summed E-state index contributed by atoms with van der Waals surface area (Å²) in [6.07, 6.45) is 1.95. The van der Waals surface area contributed by atoms with Gasteiger partial charge in [-0.2, -0.15) is 0 Å². The van der Waals surface area contributed by atoms with E-state index in [4.69, 9.17) is 23.2 Å². The first-order valence-electron chi connectivity index (χ1n) is 5.95. The Bertz CT molecular complexity index is 447. The summed E-state index contributed by atoms with van der Waals surface area (Å²) in [7, 11) is 0. The SMILES string of the molecule is O=C(Cc1ccc(Cl)c(Cl)c1)NCC(O)C1CC1. The molecule has 0 radical (unpaired) electrons. The average molecular weight is 288 g/mol. The van der Waals surface area contributed by atoms with Crippen molar-refractivity contribution in [1.29, 1.82) is 0 Å². The Morgan fingerprint density at radius 3 is 2.72 bits per heavy atom. The van der Waals surface area contributed by atoms with Crippen molar-refractivity contribution in [3.63, 3.8) is 0 Å². The highest BCUT2D eigenvalue weighted by Crippen LogP contribution is 2.32. The highest BCUT2D eigenvalue weighted by atomic mass is 35.5. The van der Waals surface area contributed by atoms with Crippen LogP contribution in [0.2, 0.25) is 10.0 Å². The molecule has 0 bridgehead atoms. The Kier molecular flexibility index (Phi) is 4.49. The number of aliphatic hydroxyl groups excluding tert-OH is 1. The number of carbonyl (C=O) groups excluding carboxylic acids is 1. The van der Waals surface area contributed by atoms with Crippen LogP contribution in [0.4, 0.5) is 0 Å². The van der Waals surface area contributed by atoms with Crippen molar-refractivity contribution in [3.8, 4) is 0 Å². The lowest BCUT2D eigenvalue weighted by Crippen LogP contribution is -2.34. The summed E-state index contributed by atoms with van der Waals surface area (Å²) in [5.41, 5.74) is 0.808. The Morgan fingerprint density at radius 2 is 2.11 bits per heavy atom. The minimum atomic E-state index is -0.414. The van der Waals surface area contributed by atoms with E-state index < -0.39 is 6.10 Å². The van der Waals surface area contributed by atoms with Gasteiger partial charge in [0.05, 0.1) is 22.6 Å². The molecule has 1 atom stereocenters. The van der Waals surface area contributed by atoms with E-state index in [1.54, 1.807) is 18.2 Å². The second kappa shape index (κ2) is 5.91. The van der Waals surface area contributed by atoms with E-state index in [0.29, 0.717) is 22.5 Å². The van der Waals surface area contributed by atoms with Crippen LogP contribution < -0.4 is 5.32 Å². The zero-order chi connectivity index (χ0) is 13.1. The number of rotatable bonds is 5. The molecule has 1 amide bonds. The standard InChI is InChI=1S/C13H15Cl2NO2/c14-10-4-1-8(5-11(10)15)6-13(18)16-7-12(17)9-2-3-9/h1,4-5,9,12,17H,2-3,6-7H2,(H,16,18). The Labute approximate surface area is 116 Å². The second-order valence-corrected chi connectivity index (χ2v) is 5.45. The lowest BCUT2D eigenvalue weighted by atomic mass is 10.1. The van der Waals surface area contributed by atoms with Crippen LogP contribution in [0.15, 0.2) is 18.2 Å². The van der Waals surface area contributed by atoms with Gasteiger partial charge in [-0.15, -0.1) is 0 Å². The van der Waals surface area contributed by atoms with Gasteiger partial charge in [0, 0.05) is 6.54 Å². The maximum atomic E-state index is 11.7. The first-order valence-corrected chi connectivity index (χ1v) is 6.70. The summed E-state index contributed by atoms with van der Waals surface area (Å²) >= 11 is 11.7. The summed E-state index contributed by atoms with van der Waals surface area (Å²) in [5, 5.41) is 13.3. The fourth-order valence-electron chi connectivity index (χ4n) is 1.76. The largest absolute Gasteiger partial charge is 0.391 e. The number of hydrogen-bond acceptors (Lipinski definition) is 2. The van der Waals surface area contributed by atoms with E-state index in [0.717, 1.165) is 18.4 Å². The molecule has 1 unspecified atom stereocenters. The summed E-state index contributed by atoms with van der Waals surface area (Å²) in [5.74, 6) is 0.253. The number of nitrogens with one attached hydrogen (secondary N) is 1. The van der Waals surface area contributed by atoms with Gasteiger partial charge in [-0.1, -0.05) is 29.3 Å². The molecular weight excluding hydrogens is 273 g/mol. The molecule has 1 fully saturated rings. The van der Waals surface area contributed by atoms with Gasteiger partial charge >= 0.3 is 0 Å². The van der Waals surface area contributed by atoms with Crippen molar-refractivity contribution in [1.82, 2.24) is 5.32 Å². The predicted octanol–water partition coefficient (Wildman–Crippen LogP) is 2.42. The molecule has 0 saturated heterocycles. The monoisotopic (exact) mass is 287 g/mol. The number of benzene rings is 1. The first-order chi connectivity index (χ1) is 8.56. The van der Waals surface area contributed by atoms with Gasteiger partial charge in [-0.3, -0.25) is 4.79 Å². The van der Waals surface area contributed by atoms with Gasteiger partial charge in [0.15, 0.2) is 0 Å². The summed E-state index contributed by atoms with van der Waals surface area (Å²) in [6, 6.07) is 5.12. The summed E-state index contributed by atoms with van der Waals surface area (Å²) in [4.78, 5) is 11.7. The lowest BCUT2D eigenvalue weighted by Gasteiger charge is -2.10. The summed E-state index contributed by atoms with van der Waals surface area (Å²) in [6.45, 7) is 0.324. The van der Waals surface area contributed by atoms with Crippen LogP contribution >= 0.6 is 23.2 Å². The molecule has 5 heteroatoms. The smallest absolute Gasteiger partial charge is 0.224 e. The molecule has 98 valence electrons. The molecule has 0 aromatic heterocycles. The topological polar surface area (TPSA) is 49.3 Å². The van der Waals surface area contributed by atoms with Crippen molar-refractivity contribution in [3.05, 3.63) is 33.8 Å². The normalized spacial score (nSPS) is 16.4. The van der Waals surface area contributed by atoms with E-state index in [2.05, 4.69) is 5.32 Å². The molecule has 1 aliphatic carbocycles. The Hall–Kier alpha value is -0.770. The van der Waals surface area contributed by atoms with Gasteiger partial charge in [0.1, 0.15) is 0 Å². The third-order valence-electron chi connectivity index (χ3n) is 3.02. The quantitative estimate of drug-likeness (QED) is 0.874. The molecule has 2 rings (SSSR count). The van der Waals surface area contributed by atoms with Crippen molar-refractivity contribution in [2.45, 2.75) is 25.4 Å². The predicted molar refractivity (Wildman–Crippen MR) is 71.9 cm³/mol. The fraction of sp³-hybridized carbons (Fsp3) is 0.462. The van der Waals surface area contributed by atoms with Crippen molar-refractivity contribution < 1.29 is 9.90 Å². The van der Waals surface area contributed by atoms with Gasteiger partial charge in [-0.25, -0.2) is 0 Å². The van der Waals surface area contributed by atoms with E-state index >= 15 is 0 Å². The van der Waals surface area contributed by atoms with Gasteiger partial charge in [0.2, 0.25) is 5.91 Å². The van der Waals surface area contributed by atoms with Crippen molar-refractivity contribution in [2.75, 3.05) is 6.54 Å². The van der Waals surface area contributed by atoms with Crippen LogP contribution in [0.3, 0.4) is 0 Å². The zero-order valence-electron chi connectivity index (χ0n) is 9.83. The van der Waals surface area contributed by atoms with E-state index in [-0.39, 0.29) is 12.3 Å². The van der Waals surface area contributed by atoms with Crippen molar-refractivity contribution in [2.24, 2.45) is 5.92 Å². The van der Waals surface area contributed by atoms with Gasteiger partial charge in [0.25, 0.3) is 0 Å². The average Bonchev–Trinajstić information content (AvgIpc) is 3.15. The van der Waals surface area contributed by atoms with E-state index in [1.807, 2.05) is 0 Å². The Balaban J connectivity index is 1.80. The minimum Gasteiger partial charge on any atom is -0.391 e. The second-order valence-electron chi connectivity index (χ2n) is 4.63. The third-order valence-corrected chi connectivity index (χ3v) is 3.76. The molecule has 0 spiro atoms. The molecule has 0 heterocycles. The number of aliphatic hydroxyl groups is 1. The Morgan fingerprint density at radius 1 is 1.39 bits per heavy atom. The maximum absolute atomic E-state index is 11.7.